The van der Waals surface area contributed by atoms with Crippen molar-refractivity contribution in [2.24, 2.45) is 5.10 Å². The lowest BCUT2D eigenvalue weighted by Gasteiger charge is -2.08. The predicted molar refractivity (Wildman–Crippen MR) is 69.8 cm³/mol. The number of carbonyl (C=O) groups excluding carboxylic acids is 1. The van der Waals surface area contributed by atoms with Crippen molar-refractivity contribution in [3.05, 3.63) is 34.9 Å². The minimum absolute atomic E-state index is 0.284. The van der Waals surface area contributed by atoms with Gasteiger partial charge in [-0.15, -0.1) is 5.10 Å². The second-order valence-corrected chi connectivity index (χ2v) is 3.63. The van der Waals surface area contributed by atoms with Crippen LogP contribution in [0.2, 0.25) is 5.02 Å². The van der Waals surface area contributed by atoms with Crippen molar-refractivity contribution in [3.8, 4) is 0 Å². The van der Waals surface area contributed by atoms with Crippen LogP contribution in [0.15, 0.2) is 29.4 Å². The SMILES string of the molecule is CCOC(=O)N/N=C(\OCC)c1ccc(Cl)cc1. The van der Waals surface area contributed by atoms with Gasteiger partial charge in [-0.3, -0.25) is 0 Å². The maximum Gasteiger partial charge on any atom is 0.427 e. The largest absolute Gasteiger partial charge is 0.477 e. The molecule has 0 spiro atoms. The molecule has 18 heavy (non-hydrogen) atoms. The Morgan fingerprint density at radius 3 is 2.39 bits per heavy atom. The molecule has 0 aliphatic heterocycles. The van der Waals surface area contributed by atoms with E-state index in [9.17, 15) is 4.79 Å². The fourth-order valence-electron chi connectivity index (χ4n) is 1.17. The zero-order valence-electron chi connectivity index (χ0n) is 10.3. The summed E-state index contributed by atoms with van der Waals surface area (Å²) in [6, 6.07) is 6.94. The molecule has 1 aromatic carbocycles. The Balaban J connectivity index is 2.78. The van der Waals surface area contributed by atoms with Crippen molar-refractivity contribution in [2.45, 2.75) is 13.8 Å². The van der Waals surface area contributed by atoms with Crippen LogP contribution in [0.3, 0.4) is 0 Å². The van der Waals surface area contributed by atoms with Gasteiger partial charge in [0, 0.05) is 10.6 Å². The Hall–Kier alpha value is -1.75. The Kier molecular flexibility index (Phi) is 6.00. The highest BCUT2D eigenvalue weighted by molar-refractivity contribution is 6.30. The number of carbonyl (C=O) groups is 1. The molecular formula is C12H15ClN2O3. The summed E-state index contributed by atoms with van der Waals surface area (Å²) in [5.74, 6) is 0.308. The fraction of sp³-hybridized carbons (Fsp3) is 0.333. The highest BCUT2D eigenvalue weighted by Gasteiger charge is 2.06. The van der Waals surface area contributed by atoms with Gasteiger partial charge in [0.1, 0.15) is 0 Å². The van der Waals surface area contributed by atoms with E-state index in [1.807, 2.05) is 6.92 Å². The molecular weight excluding hydrogens is 256 g/mol. The zero-order valence-corrected chi connectivity index (χ0v) is 11.0. The molecule has 0 atom stereocenters. The molecule has 1 aromatic rings. The number of ether oxygens (including phenoxy) is 2. The van der Waals surface area contributed by atoms with Gasteiger partial charge in [0.15, 0.2) is 0 Å². The molecule has 1 amide bonds. The molecule has 0 fully saturated rings. The van der Waals surface area contributed by atoms with Crippen molar-refractivity contribution in [3.63, 3.8) is 0 Å². The van der Waals surface area contributed by atoms with Crippen LogP contribution < -0.4 is 5.43 Å². The standard InChI is InChI=1S/C12H15ClN2O3/c1-3-17-11(14-15-12(16)18-4-2)9-5-7-10(13)8-6-9/h5-8H,3-4H2,1-2H3,(H,15,16)/b14-11-. The molecule has 0 saturated carbocycles. The lowest BCUT2D eigenvalue weighted by atomic mass is 10.2. The lowest BCUT2D eigenvalue weighted by molar-refractivity contribution is 0.152. The van der Waals surface area contributed by atoms with Crippen molar-refractivity contribution in [1.29, 1.82) is 0 Å². The maximum atomic E-state index is 11.1. The van der Waals surface area contributed by atoms with Gasteiger partial charge in [-0.05, 0) is 38.1 Å². The Labute approximate surface area is 111 Å². The Bertz CT molecular complexity index is 418. The van der Waals surface area contributed by atoms with Gasteiger partial charge < -0.3 is 9.47 Å². The van der Waals surface area contributed by atoms with Crippen molar-refractivity contribution in [1.82, 2.24) is 5.43 Å². The average molecular weight is 271 g/mol. The van der Waals surface area contributed by atoms with Crippen LogP contribution in [-0.2, 0) is 9.47 Å². The molecule has 98 valence electrons. The van der Waals surface area contributed by atoms with Gasteiger partial charge in [-0.1, -0.05) is 11.6 Å². The number of amides is 1. The average Bonchev–Trinajstić information content (AvgIpc) is 2.36. The number of nitrogens with one attached hydrogen (secondary N) is 1. The van der Waals surface area contributed by atoms with E-state index in [1.54, 1.807) is 31.2 Å². The molecule has 5 nitrogen and oxygen atoms in total. The van der Waals surface area contributed by atoms with Gasteiger partial charge in [-0.25, -0.2) is 10.2 Å². The van der Waals surface area contributed by atoms with Crippen LogP contribution in [0.5, 0.6) is 0 Å². The predicted octanol–water partition coefficient (Wildman–Crippen LogP) is 2.78. The van der Waals surface area contributed by atoms with E-state index in [1.165, 1.54) is 0 Å². The molecule has 1 rings (SSSR count). The first-order valence-corrected chi connectivity index (χ1v) is 5.94. The van der Waals surface area contributed by atoms with E-state index in [-0.39, 0.29) is 6.61 Å². The first-order chi connectivity index (χ1) is 8.67. The Morgan fingerprint density at radius 2 is 1.83 bits per heavy atom. The monoisotopic (exact) mass is 270 g/mol. The summed E-state index contributed by atoms with van der Waals surface area (Å²) in [6.45, 7) is 4.26. The number of benzene rings is 1. The molecule has 0 aliphatic rings. The van der Waals surface area contributed by atoms with Crippen LogP contribution in [0, 0.1) is 0 Å². The van der Waals surface area contributed by atoms with Gasteiger partial charge >= 0.3 is 6.09 Å². The molecule has 0 saturated heterocycles. The van der Waals surface area contributed by atoms with Crippen molar-refractivity contribution >= 4 is 23.6 Å². The molecule has 0 aromatic heterocycles. The smallest absolute Gasteiger partial charge is 0.427 e. The summed E-state index contributed by atoms with van der Waals surface area (Å²) in [7, 11) is 0. The number of halogens is 1. The third-order valence-corrected chi connectivity index (χ3v) is 2.15. The summed E-state index contributed by atoms with van der Waals surface area (Å²) >= 11 is 5.79. The van der Waals surface area contributed by atoms with Crippen LogP contribution >= 0.6 is 11.6 Å². The summed E-state index contributed by atoms with van der Waals surface area (Å²) in [4.78, 5) is 11.1. The normalized spacial score (nSPS) is 10.9. The second-order valence-electron chi connectivity index (χ2n) is 3.19. The zero-order chi connectivity index (χ0) is 13.4. The molecule has 0 bridgehead atoms. The van der Waals surface area contributed by atoms with Crippen LogP contribution in [0.1, 0.15) is 19.4 Å². The number of rotatable bonds is 4. The molecule has 0 unspecified atom stereocenters. The molecule has 6 heteroatoms. The van der Waals surface area contributed by atoms with E-state index in [4.69, 9.17) is 21.1 Å². The highest BCUT2D eigenvalue weighted by atomic mass is 35.5. The summed E-state index contributed by atoms with van der Waals surface area (Å²) in [5.41, 5.74) is 2.97. The van der Waals surface area contributed by atoms with E-state index in [0.29, 0.717) is 17.5 Å². The first-order valence-electron chi connectivity index (χ1n) is 5.56. The van der Waals surface area contributed by atoms with E-state index in [2.05, 4.69) is 10.5 Å². The van der Waals surface area contributed by atoms with Gasteiger partial charge in [-0.2, -0.15) is 0 Å². The lowest BCUT2D eigenvalue weighted by Crippen LogP contribution is -2.22. The second kappa shape index (κ2) is 7.55. The minimum atomic E-state index is -0.622. The van der Waals surface area contributed by atoms with Crippen molar-refractivity contribution in [2.75, 3.05) is 13.2 Å². The van der Waals surface area contributed by atoms with E-state index >= 15 is 0 Å². The van der Waals surface area contributed by atoms with E-state index < -0.39 is 6.09 Å². The minimum Gasteiger partial charge on any atom is -0.477 e. The van der Waals surface area contributed by atoms with Gasteiger partial charge in [0.05, 0.1) is 13.2 Å². The van der Waals surface area contributed by atoms with Gasteiger partial charge in [0.25, 0.3) is 0 Å². The maximum absolute atomic E-state index is 11.1. The summed E-state index contributed by atoms with van der Waals surface area (Å²) < 4.78 is 10.0. The quantitative estimate of drug-likeness (QED) is 0.520. The van der Waals surface area contributed by atoms with E-state index in [0.717, 1.165) is 5.56 Å². The van der Waals surface area contributed by atoms with Crippen molar-refractivity contribution < 1.29 is 14.3 Å². The molecule has 0 radical (unpaired) electrons. The first kappa shape index (κ1) is 14.3. The number of hydrogen-bond acceptors (Lipinski definition) is 4. The third kappa shape index (κ3) is 4.63. The van der Waals surface area contributed by atoms with Crippen LogP contribution in [-0.4, -0.2) is 25.2 Å². The van der Waals surface area contributed by atoms with Crippen LogP contribution in [0.4, 0.5) is 4.79 Å². The summed E-state index contributed by atoms with van der Waals surface area (Å²) in [5, 5.41) is 4.48. The Morgan fingerprint density at radius 1 is 1.22 bits per heavy atom. The molecule has 0 aliphatic carbocycles. The molecule has 1 N–H and O–H groups in total. The third-order valence-electron chi connectivity index (χ3n) is 1.90. The highest BCUT2D eigenvalue weighted by Crippen LogP contribution is 2.10. The topological polar surface area (TPSA) is 59.9 Å². The number of nitrogens with zero attached hydrogens (tertiary/aromatic N) is 1. The number of hydrogen-bond donors (Lipinski definition) is 1. The summed E-state index contributed by atoms with van der Waals surface area (Å²) in [6.07, 6.45) is -0.622. The fourth-order valence-corrected chi connectivity index (χ4v) is 1.30. The molecule has 0 heterocycles. The van der Waals surface area contributed by atoms with Gasteiger partial charge in [0.2, 0.25) is 5.90 Å². The van der Waals surface area contributed by atoms with Crippen LogP contribution in [0.25, 0.3) is 0 Å². The number of hydrazone groups is 1.